The Morgan fingerprint density at radius 1 is 0.365 bits per heavy atom. The fourth-order valence-corrected chi connectivity index (χ4v) is 7.76. The van der Waals surface area contributed by atoms with Crippen LogP contribution >= 0.6 is 0 Å². The topological polar surface area (TPSA) is 51.8 Å². The zero-order valence-corrected chi connectivity index (χ0v) is 28.8. The SMILES string of the molecule is CC1(C)c2ccccc2-c2cc3c(cc21)oc1cc(-c2nc(-c4ccc(-c5ccccc5)cc4)nc(-c4ccc(-c5ccccc5)cc4)n2)ccc13. The van der Waals surface area contributed by atoms with Crippen LogP contribution in [0.15, 0.2) is 168 Å². The van der Waals surface area contributed by atoms with E-state index in [1.807, 2.05) is 12.1 Å². The maximum absolute atomic E-state index is 6.60. The van der Waals surface area contributed by atoms with Crippen LogP contribution in [0.5, 0.6) is 0 Å². The molecule has 246 valence electrons. The Kier molecular flexibility index (Phi) is 6.80. The van der Waals surface area contributed by atoms with E-state index in [0.717, 1.165) is 49.8 Å². The van der Waals surface area contributed by atoms with Gasteiger partial charge in [0, 0.05) is 32.9 Å². The summed E-state index contributed by atoms with van der Waals surface area (Å²) in [5.41, 5.74) is 14.2. The third-order valence-corrected chi connectivity index (χ3v) is 10.6. The summed E-state index contributed by atoms with van der Waals surface area (Å²) < 4.78 is 6.60. The summed E-state index contributed by atoms with van der Waals surface area (Å²) in [7, 11) is 0. The molecule has 4 heteroatoms. The number of aromatic nitrogens is 3. The second kappa shape index (κ2) is 11.7. The van der Waals surface area contributed by atoms with Gasteiger partial charge in [-0.25, -0.2) is 15.0 Å². The fourth-order valence-electron chi connectivity index (χ4n) is 7.76. The standard InChI is InChI=1S/C48H33N3O/c1-48(2)41-16-10-9-15-37(41)39-28-40-38-26-25-36(27-43(38)52-44(40)29-42(39)48)47-50-45(34-21-17-32(18-22-34)30-11-5-3-6-12-30)49-46(51-47)35-23-19-33(20-24-35)31-13-7-4-8-14-31/h3-29H,1-2H3. The molecule has 0 aliphatic heterocycles. The smallest absolute Gasteiger partial charge is 0.164 e. The molecule has 0 N–H and O–H groups in total. The normalized spacial score (nSPS) is 13.0. The van der Waals surface area contributed by atoms with Crippen LogP contribution in [0.3, 0.4) is 0 Å². The first-order valence-corrected chi connectivity index (χ1v) is 17.7. The molecular formula is C48H33N3O. The second-order valence-corrected chi connectivity index (χ2v) is 14.1. The highest BCUT2D eigenvalue weighted by atomic mass is 16.3. The molecule has 0 radical (unpaired) electrons. The van der Waals surface area contributed by atoms with Crippen molar-refractivity contribution < 1.29 is 4.42 Å². The van der Waals surface area contributed by atoms with Crippen LogP contribution in [0.25, 0.3) is 89.5 Å². The first kappa shape index (κ1) is 30.2. The van der Waals surface area contributed by atoms with E-state index in [-0.39, 0.29) is 5.41 Å². The fraction of sp³-hybridized carbons (Fsp3) is 0.0625. The van der Waals surface area contributed by atoms with Crippen LogP contribution < -0.4 is 0 Å². The molecule has 0 bridgehead atoms. The van der Waals surface area contributed by atoms with Gasteiger partial charge in [0.2, 0.25) is 0 Å². The van der Waals surface area contributed by atoms with E-state index in [1.165, 1.54) is 33.4 Å². The van der Waals surface area contributed by atoms with Crippen molar-refractivity contribution in [3.8, 4) is 67.5 Å². The molecule has 2 aromatic heterocycles. The summed E-state index contributed by atoms with van der Waals surface area (Å²) >= 11 is 0. The Morgan fingerprint density at radius 3 is 1.42 bits per heavy atom. The van der Waals surface area contributed by atoms with Gasteiger partial charge in [-0.3, -0.25) is 0 Å². The van der Waals surface area contributed by atoms with Crippen molar-refractivity contribution in [1.29, 1.82) is 0 Å². The van der Waals surface area contributed by atoms with Crippen molar-refractivity contribution in [2.75, 3.05) is 0 Å². The zero-order chi connectivity index (χ0) is 34.8. The van der Waals surface area contributed by atoms with E-state index >= 15 is 0 Å². The van der Waals surface area contributed by atoms with Gasteiger partial charge >= 0.3 is 0 Å². The lowest BCUT2D eigenvalue weighted by molar-refractivity contribution is 0.647. The molecule has 4 nitrogen and oxygen atoms in total. The average Bonchev–Trinajstić information content (AvgIpc) is 3.68. The van der Waals surface area contributed by atoms with Crippen molar-refractivity contribution in [1.82, 2.24) is 15.0 Å². The molecule has 0 fully saturated rings. The van der Waals surface area contributed by atoms with E-state index in [0.29, 0.717) is 17.5 Å². The van der Waals surface area contributed by atoms with Gasteiger partial charge in [-0.15, -0.1) is 0 Å². The molecule has 0 unspecified atom stereocenters. The Bertz CT molecular complexity index is 2680. The lowest BCUT2D eigenvalue weighted by atomic mass is 9.82. The van der Waals surface area contributed by atoms with Gasteiger partial charge in [0.05, 0.1) is 0 Å². The maximum atomic E-state index is 6.60. The molecule has 10 rings (SSSR count). The minimum atomic E-state index is -0.0967. The Morgan fingerprint density at radius 2 is 0.827 bits per heavy atom. The largest absolute Gasteiger partial charge is 0.456 e. The Balaban J connectivity index is 1.09. The first-order valence-electron chi connectivity index (χ1n) is 17.7. The first-order chi connectivity index (χ1) is 25.5. The van der Waals surface area contributed by atoms with Crippen molar-refractivity contribution in [2.24, 2.45) is 0 Å². The van der Waals surface area contributed by atoms with E-state index in [9.17, 15) is 0 Å². The van der Waals surface area contributed by atoms with Gasteiger partial charge in [-0.1, -0.05) is 153 Å². The van der Waals surface area contributed by atoms with Gasteiger partial charge < -0.3 is 4.42 Å². The Labute approximate surface area is 302 Å². The van der Waals surface area contributed by atoms with Crippen LogP contribution in [0.4, 0.5) is 0 Å². The number of fused-ring (bicyclic) bond motifs is 6. The predicted molar refractivity (Wildman–Crippen MR) is 212 cm³/mol. The molecular weight excluding hydrogens is 635 g/mol. The number of hydrogen-bond acceptors (Lipinski definition) is 4. The summed E-state index contributed by atoms with van der Waals surface area (Å²) in [4.78, 5) is 15.1. The summed E-state index contributed by atoms with van der Waals surface area (Å²) in [6.07, 6.45) is 0. The molecule has 2 heterocycles. The van der Waals surface area contributed by atoms with Crippen molar-refractivity contribution in [3.05, 3.63) is 175 Å². The maximum Gasteiger partial charge on any atom is 0.164 e. The van der Waals surface area contributed by atoms with Crippen LogP contribution in [0.2, 0.25) is 0 Å². The number of rotatable bonds is 5. The molecule has 1 aliphatic rings. The summed E-state index contributed by atoms with van der Waals surface area (Å²) in [5.74, 6) is 1.83. The number of nitrogens with zero attached hydrogens (tertiary/aromatic N) is 3. The Hall–Kier alpha value is -6.65. The van der Waals surface area contributed by atoms with Gasteiger partial charge in [-0.05, 0) is 68.8 Å². The van der Waals surface area contributed by atoms with E-state index < -0.39 is 0 Å². The lowest BCUT2D eigenvalue weighted by Crippen LogP contribution is -2.14. The highest BCUT2D eigenvalue weighted by Crippen LogP contribution is 2.50. The number of benzene rings is 7. The molecule has 0 atom stereocenters. The van der Waals surface area contributed by atoms with E-state index in [2.05, 4.69) is 166 Å². The quantitative estimate of drug-likeness (QED) is 0.183. The molecule has 0 saturated carbocycles. The van der Waals surface area contributed by atoms with Gasteiger partial charge in [-0.2, -0.15) is 0 Å². The second-order valence-electron chi connectivity index (χ2n) is 14.1. The summed E-state index contributed by atoms with van der Waals surface area (Å²) in [6.45, 7) is 4.59. The van der Waals surface area contributed by atoms with E-state index in [1.54, 1.807) is 0 Å². The molecule has 1 aliphatic carbocycles. The molecule has 9 aromatic rings. The summed E-state index contributed by atoms with van der Waals surface area (Å²) in [5, 5.41) is 2.19. The van der Waals surface area contributed by atoms with Crippen molar-refractivity contribution >= 4 is 21.9 Å². The van der Waals surface area contributed by atoms with Crippen LogP contribution in [-0.4, -0.2) is 15.0 Å². The van der Waals surface area contributed by atoms with E-state index in [4.69, 9.17) is 19.4 Å². The van der Waals surface area contributed by atoms with Gasteiger partial charge in [0.25, 0.3) is 0 Å². The lowest BCUT2D eigenvalue weighted by Gasteiger charge is -2.21. The monoisotopic (exact) mass is 667 g/mol. The third kappa shape index (κ3) is 4.95. The predicted octanol–water partition coefficient (Wildman–Crippen LogP) is 12.4. The summed E-state index contributed by atoms with van der Waals surface area (Å²) in [6, 6.07) is 57.2. The molecule has 7 aromatic carbocycles. The van der Waals surface area contributed by atoms with Gasteiger partial charge in [0.15, 0.2) is 17.5 Å². The molecule has 52 heavy (non-hydrogen) atoms. The minimum absolute atomic E-state index is 0.0967. The highest BCUT2D eigenvalue weighted by molar-refractivity contribution is 6.08. The van der Waals surface area contributed by atoms with Gasteiger partial charge in [0.1, 0.15) is 11.2 Å². The minimum Gasteiger partial charge on any atom is -0.456 e. The van der Waals surface area contributed by atoms with Crippen molar-refractivity contribution in [2.45, 2.75) is 19.3 Å². The molecule has 0 spiro atoms. The number of furan rings is 1. The highest BCUT2D eigenvalue weighted by Gasteiger charge is 2.36. The number of hydrogen-bond donors (Lipinski definition) is 0. The van der Waals surface area contributed by atoms with Crippen LogP contribution in [0, 0.1) is 0 Å². The molecule has 0 saturated heterocycles. The average molecular weight is 668 g/mol. The van der Waals surface area contributed by atoms with Crippen LogP contribution in [-0.2, 0) is 5.41 Å². The van der Waals surface area contributed by atoms with Crippen molar-refractivity contribution in [3.63, 3.8) is 0 Å². The molecule has 0 amide bonds. The van der Waals surface area contributed by atoms with Crippen LogP contribution in [0.1, 0.15) is 25.0 Å². The third-order valence-electron chi connectivity index (χ3n) is 10.6. The zero-order valence-electron chi connectivity index (χ0n) is 28.8.